The van der Waals surface area contributed by atoms with Gasteiger partial charge in [0.25, 0.3) is 0 Å². The lowest BCUT2D eigenvalue weighted by Gasteiger charge is -2.19. The summed E-state index contributed by atoms with van der Waals surface area (Å²) in [6.07, 6.45) is -3.26. The number of hydrogen-bond acceptors (Lipinski definition) is 2. The summed E-state index contributed by atoms with van der Waals surface area (Å²) in [4.78, 5) is 0. The van der Waals surface area contributed by atoms with Crippen LogP contribution in [0.25, 0.3) is 0 Å². The highest BCUT2D eigenvalue weighted by Gasteiger charge is 2.30. The van der Waals surface area contributed by atoms with E-state index in [-0.39, 0.29) is 5.75 Å². The fraction of sp³-hybridized carbons (Fsp3) is 0.400. The topological polar surface area (TPSA) is 34.1 Å². The van der Waals surface area contributed by atoms with E-state index in [0.29, 0.717) is 24.0 Å². The number of hydrogen-bond donors (Lipinski definition) is 0. The zero-order valence-electron chi connectivity index (χ0n) is 15.1. The summed E-state index contributed by atoms with van der Waals surface area (Å²) >= 11 is 0. The highest BCUT2D eigenvalue weighted by atomic mass is 32.2. The lowest BCUT2D eigenvalue weighted by atomic mass is 10.0. The molecule has 2 rings (SSSR count). The van der Waals surface area contributed by atoms with Crippen LogP contribution in [0, 0.1) is 0 Å². The predicted molar refractivity (Wildman–Crippen MR) is 97.7 cm³/mol. The quantitative estimate of drug-likeness (QED) is 0.710. The van der Waals surface area contributed by atoms with Gasteiger partial charge in [0.2, 0.25) is 0 Å². The molecule has 0 aliphatic heterocycles. The van der Waals surface area contributed by atoms with Crippen molar-refractivity contribution in [2.45, 2.75) is 50.3 Å². The third-order valence-electron chi connectivity index (χ3n) is 4.27. The average molecular weight is 384 g/mol. The van der Waals surface area contributed by atoms with Gasteiger partial charge in [-0.05, 0) is 56.4 Å². The monoisotopic (exact) mass is 384 g/mol. The summed E-state index contributed by atoms with van der Waals surface area (Å²) < 4.78 is 61.9. The zero-order chi connectivity index (χ0) is 19.6. The Morgan fingerprint density at radius 1 is 0.808 bits per heavy atom. The smallest absolute Gasteiger partial charge is 0.228 e. The van der Waals surface area contributed by atoms with E-state index in [1.165, 1.54) is 12.1 Å². The molecule has 0 spiro atoms. The minimum absolute atomic E-state index is 0.0234. The molecule has 26 heavy (non-hydrogen) atoms. The molecule has 0 aliphatic rings. The van der Waals surface area contributed by atoms with Crippen molar-refractivity contribution in [2.75, 3.05) is 0 Å². The molecular formula is C20H23F3O2S. The molecule has 0 bridgehead atoms. The lowest BCUT2D eigenvalue weighted by molar-refractivity contribution is -0.137. The Kier molecular flexibility index (Phi) is 5.85. The first kappa shape index (κ1) is 20.5. The van der Waals surface area contributed by atoms with Gasteiger partial charge >= 0.3 is 6.18 Å². The van der Waals surface area contributed by atoms with Gasteiger partial charge in [-0.2, -0.15) is 13.2 Å². The molecule has 0 fully saturated rings. The SMILES string of the molecule is CC(C)(C)S(=O)(=O)Cc1ccc(CCc2cccc(C(F)(F)F)c2)cc1. The molecule has 0 N–H and O–H groups in total. The largest absolute Gasteiger partial charge is 0.416 e. The Bertz CT molecular complexity index is 846. The number of sulfone groups is 1. The van der Waals surface area contributed by atoms with Gasteiger partial charge in [0.05, 0.1) is 16.1 Å². The Hall–Kier alpha value is -1.82. The van der Waals surface area contributed by atoms with Crippen LogP contribution in [0.1, 0.15) is 43.0 Å². The van der Waals surface area contributed by atoms with Crippen LogP contribution < -0.4 is 0 Å². The van der Waals surface area contributed by atoms with Crippen molar-refractivity contribution in [1.29, 1.82) is 0 Å². The van der Waals surface area contributed by atoms with Crippen molar-refractivity contribution >= 4 is 9.84 Å². The molecule has 0 amide bonds. The molecule has 0 heterocycles. The number of alkyl halides is 3. The van der Waals surface area contributed by atoms with E-state index in [0.717, 1.165) is 11.6 Å². The normalized spacial score (nSPS) is 13.0. The minimum atomic E-state index is -4.34. The molecule has 2 aromatic rings. The van der Waals surface area contributed by atoms with E-state index in [2.05, 4.69) is 0 Å². The summed E-state index contributed by atoms with van der Waals surface area (Å²) in [6.45, 7) is 5.02. The van der Waals surface area contributed by atoms with Crippen molar-refractivity contribution in [3.8, 4) is 0 Å². The van der Waals surface area contributed by atoms with Crippen LogP contribution >= 0.6 is 0 Å². The van der Waals surface area contributed by atoms with E-state index in [4.69, 9.17) is 0 Å². The maximum Gasteiger partial charge on any atom is 0.416 e. The third-order valence-corrected chi connectivity index (χ3v) is 6.85. The Labute approximate surface area is 153 Å². The van der Waals surface area contributed by atoms with Crippen LogP contribution in [0.4, 0.5) is 13.2 Å². The second kappa shape index (κ2) is 7.43. The summed E-state index contributed by atoms with van der Waals surface area (Å²) in [5.41, 5.74) is 1.65. The van der Waals surface area contributed by atoms with Crippen LogP contribution in [-0.4, -0.2) is 13.2 Å². The van der Waals surface area contributed by atoms with Gasteiger partial charge in [0.1, 0.15) is 0 Å². The van der Waals surface area contributed by atoms with Gasteiger partial charge in [0.15, 0.2) is 9.84 Å². The molecule has 142 valence electrons. The number of rotatable bonds is 5. The molecule has 0 aliphatic carbocycles. The first-order valence-electron chi connectivity index (χ1n) is 8.35. The van der Waals surface area contributed by atoms with Crippen LogP contribution in [0.2, 0.25) is 0 Å². The fourth-order valence-corrected chi connectivity index (χ4v) is 3.49. The molecule has 0 saturated heterocycles. The van der Waals surface area contributed by atoms with Crippen LogP contribution in [0.5, 0.6) is 0 Å². The van der Waals surface area contributed by atoms with E-state index >= 15 is 0 Å². The van der Waals surface area contributed by atoms with Crippen LogP contribution in [0.3, 0.4) is 0 Å². The third kappa shape index (κ3) is 5.34. The van der Waals surface area contributed by atoms with Gasteiger partial charge < -0.3 is 0 Å². The highest BCUT2D eigenvalue weighted by Crippen LogP contribution is 2.29. The Morgan fingerprint density at radius 3 is 1.88 bits per heavy atom. The summed E-state index contributed by atoms with van der Waals surface area (Å²) in [5.74, 6) is -0.0234. The van der Waals surface area contributed by atoms with Crippen molar-refractivity contribution in [2.24, 2.45) is 0 Å². The molecule has 0 aromatic heterocycles. The molecule has 0 radical (unpaired) electrons. The zero-order valence-corrected chi connectivity index (χ0v) is 15.9. The maximum absolute atomic E-state index is 12.7. The van der Waals surface area contributed by atoms with Crippen molar-refractivity contribution in [1.82, 2.24) is 0 Å². The average Bonchev–Trinajstić information content (AvgIpc) is 2.52. The van der Waals surface area contributed by atoms with Gasteiger partial charge in [-0.15, -0.1) is 0 Å². The molecular weight excluding hydrogens is 361 g/mol. The standard InChI is InChI=1S/C20H23F3O2S/c1-19(2,3)26(24,25)14-17-11-8-15(9-12-17)7-10-16-5-4-6-18(13-16)20(21,22)23/h4-6,8-9,11-13H,7,10,14H2,1-3H3. The Balaban J connectivity index is 2.02. The van der Waals surface area contributed by atoms with Gasteiger partial charge in [-0.25, -0.2) is 8.42 Å². The second-order valence-electron chi connectivity index (χ2n) is 7.39. The van der Waals surface area contributed by atoms with E-state index in [9.17, 15) is 21.6 Å². The molecule has 6 heteroatoms. The molecule has 2 nitrogen and oxygen atoms in total. The van der Waals surface area contributed by atoms with Gasteiger partial charge in [-0.3, -0.25) is 0 Å². The van der Waals surface area contributed by atoms with E-state index < -0.39 is 26.3 Å². The predicted octanol–water partition coefficient (Wildman–Crippen LogP) is 5.20. The fourth-order valence-electron chi connectivity index (χ4n) is 2.43. The Morgan fingerprint density at radius 2 is 1.35 bits per heavy atom. The number of benzene rings is 2. The van der Waals surface area contributed by atoms with Crippen molar-refractivity contribution < 1.29 is 21.6 Å². The first-order valence-corrected chi connectivity index (χ1v) is 10.00. The minimum Gasteiger partial charge on any atom is -0.228 e. The number of aryl methyl sites for hydroxylation is 2. The van der Waals surface area contributed by atoms with Crippen LogP contribution in [0.15, 0.2) is 48.5 Å². The van der Waals surface area contributed by atoms with E-state index in [1.807, 2.05) is 12.1 Å². The number of halogens is 3. The van der Waals surface area contributed by atoms with Gasteiger partial charge in [0, 0.05) is 0 Å². The van der Waals surface area contributed by atoms with Crippen molar-refractivity contribution in [3.63, 3.8) is 0 Å². The second-order valence-corrected chi connectivity index (χ2v) is 10.1. The van der Waals surface area contributed by atoms with Gasteiger partial charge in [-0.1, -0.05) is 42.5 Å². The summed E-state index contributed by atoms with van der Waals surface area (Å²) in [5, 5.41) is 0. The highest BCUT2D eigenvalue weighted by molar-refractivity contribution is 7.91. The summed E-state index contributed by atoms with van der Waals surface area (Å²) in [7, 11) is -3.24. The molecule has 0 unspecified atom stereocenters. The lowest BCUT2D eigenvalue weighted by Crippen LogP contribution is -2.29. The maximum atomic E-state index is 12.7. The first-order chi connectivity index (χ1) is 11.9. The molecule has 2 aromatic carbocycles. The molecule has 0 saturated carbocycles. The van der Waals surface area contributed by atoms with Crippen LogP contribution in [-0.2, 0) is 34.6 Å². The van der Waals surface area contributed by atoms with E-state index in [1.54, 1.807) is 39.0 Å². The molecule has 0 atom stereocenters. The van der Waals surface area contributed by atoms with Crippen molar-refractivity contribution in [3.05, 3.63) is 70.8 Å². The summed E-state index contributed by atoms with van der Waals surface area (Å²) in [6, 6.07) is 12.5.